The molecule has 0 saturated carbocycles. The Morgan fingerprint density at radius 2 is 1.81 bits per heavy atom. The molecule has 10 heteroatoms. The van der Waals surface area contributed by atoms with Gasteiger partial charge in [-0.2, -0.15) is 5.10 Å². The van der Waals surface area contributed by atoms with Gasteiger partial charge < -0.3 is 14.5 Å². The van der Waals surface area contributed by atoms with Gasteiger partial charge in [-0.25, -0.2) is 0 Å². The van der Waals surface area contributed by atoms with E-state index in [0.717, 1.165) is 5.56 Å². The molecule has 32 heavy (non-hydrogen) atoms. The average molecular weight is 511 g/mol. The van der Waals surface area contributed by atoms with Gasteiger partial charge in [0.1, 0.15) is 18.1 Å². The fraction of sp³-hybridized carbons (Fsp3) is 0.0909. The fourth-order valence-corrected chi connectivity index (χ4v) is 3.62. The van der Waals surface area contributed by atoms with E-state index >= 15 is 0 Å². The van der Waals surface area contributed by atoms with Crippen molar-refractivity contribution in [2.75, 3.05) is 5.32 Å². The van der Waals surface area contributed by atoms with Crippen molar-refractivity contribution in [1.29, 1.82) is 0 Å². The number of carbonyl (C=O) groups excluding carboxylic acids is 1. The van der Waals surface area contributed by atoms with Crippen LogP contribution in [0.5, 0.6) is 5.75 Å². The fourth-order valence-electron chi connectivity index (χ4n) is 2.84. The van der Waals surface area contributed by atoms with Crippen molar-refractivity contribution in [3.63, 3.8) is 0 Å². The predicted octanol–water partition coefficient (Wildman–Crippen LogP) is 6.97. The van der Waals surface area contributed by atoms with Gasteiger partial charge in [0.15, 0.2) is 11.6 Å². The monoisotopic (exact) mass is 509 g/mol. The molecule has 0 spiro atoms. The highest BCUT2D eigenvalue weighted by atomic mass is 35.5. The van der Waals surface area contributed by atoms with Crippen LogP contribution < -0.4 is 10.1 Å². The van der Waals surface area contributed by atoms with E-state index in [-0.39, 0.29) is 12.4 Å². The van der Waals surface area contributed by atoms with Crippen LogP contribution in [0.4, 0.5) is 5.82 Å². The number of halogens is 4. The summed E-state index contributed by atoms with van der Waals surface area (Å²) in [5.41, 5.74) is 0.928. The van der Waals surface area contributed by atoms with Gasteiger partial charge in [0.05, 0.1) is 21.6 Å². The lowest BCUT2D eigenvalue weighted by atomic mass is 10.2. The third kappa shape index (κ3) is 5.58. The van der Waals surface area contributed by atoms with E-state index in [0.29, 0.717) is 44.0 Å². The molecule has 0 bridgehead atoms. The number of nitrogens with one attached hydrogen (secondary N) is 1. The Bertz CT molecular complexity index is 1270. The second-order valence-electron chi connectivity index (χ2n) is 6.73. The summed E-state index contributed by atoms with van der Waals surface area (Å²) in [6, 6.07) is 15.2. The summed E-state index contributed by atoms with van der Waals surface area (Å²) in [7, 11) is 0. The van der Waals surface area contributed by atoms with Crippen LogP contribution in [0, 0.1) is 0 Å². The minimum atomic E-state index is -0.430. The van der Waals surface area contributed by atoms with Crippen LogP contribution in [0.15, 0.2) is 65.2 Å². The van der Waals surface area contributed by atoms with Crippen LogP contribution in [-0.4, -0.2) is 15.7 Å². The quantitative estimate of drug-likeness (QED) is 0.291. The molecule has 0 fully saturated rings. The standard InChI is InChI=1S/C22H15Cl4N3O3/c23-14-2-5-19(18(26)10-14)31-12-15-3-6-20(32-15)22(30)27-21-7-8-29(28-21)11-13-1-4-16(24)17(25)9-13/h1-10H,11-12H2,(H,27,28,30). The maximum atomic E-state index is 12.5. The molecule has 1 amide bonds. The smallest absolute Gasteiger partial charge is 0.292 e. The summed E-state index contributed by atoms with van der Waals surface area (Å²) < 4.78 is 12.9. The summed E-state index contributed by atoms with van der Waals surface area (Å²) in [5, 5.41) is 8.90. The van der Waals surface area contributed by atoms with Gasteiger partial charge in [-0.15, -0.1) is 0 Å². The maximum absolute atomic E-state index is 12.5. The third-order valence-electron chi connectivity index (χ3n) is 4.36. The number of hydrogen-bond donors (Lipinski definition) is 1. The normalized spacial score (nSPS) is 10.9. The van der Waals surface area contributed by atoms with Crippen LogP contribution in [0.25, 0.3) is 0 Å². The lowest BCUT2D eigenvalue weighted by molar-refractivity contribution is 0.0992. The molecule has 2 aromatic heterocycles. The van der Waals surface area contributed by atoms with E-state index in [1.807, 2.05) is 6.07 Å². The highest BCUT2D eigenvalue weighted by molar-refractivity contribution is 6.42. The molecule has 0 saturated heterocycles. The summed E-state index contributed by atoms with van der Waals surface area (Å²) >= 11 is 23.9. The number of carbonyl (C=O) groups is 1. The molecule has 0 radical (unpaired) electrons. The van der Waals surface area contributed by atoms with Crippen LogP contribution in [0.3, 0.4) is 0 Å². The molecular formula is C22H15Cl4N3O3. The predicted molar refractivity (Wildman–Crippen MR) is 125 cm³/mol. The van der Waals surface area contributed by atoms with Gasteiger partial charge in [0.25, 0.3) is 5.91 Å². The zero-order valence-electron chi connectivity index (χ0n) is 16.3. The first-order valence-corrected chi connectivity index (χ1v) is 10.8. The molecule has 164 valence electrons. The van der Waals surface area contributed by atoms with Gasteiger partial charge in [-0.1, -0.05) is 52.5 Å². The minimum Gasteiger partial charge on any atom is -0.484 e. The maximum Gasteiger partial charge on any atom is 0.292 e. The Hall–Kier alpha value is -2.64. The first kappa shape index (κ1) is 22.6. The number of benzene rings is 2. The third-order valence-corrected chi connectivity index (χ3v) is 5.63. The highest BCUT2D eigenvalue weighted by Gasteiger charge is 2.14. The van der Waals surface area contributed by atoms with Crippen molar-refractivity contribution < 1.29 is 13.9 Å². The zero-order chi connectivity index (χ0) is 22.7. The van der Waals surface area contributed by atoms with E-state index in [4.69, 9.17) is 55.6 Å². The van der Waals surface area contributed by atoms with Gasteiger partial charge in [-0.3, -0.25) is 9.48 Å². The molecule has 0 unspecified atom stereocenters. The molecule has 1 N–H and O–H groups in total. The highest BCUT2D eigenvalue weighted by Crippen LogP contribution is 2.28. The summed E-state index contributed by atoms with van der Waals surface area (Å²) in [6.45, 7) is 0.579. The van der Waals surface area contributed by atoms with Gasteiger partial charge in [-0.05, 0) is 48.0 Å². The molecule has 4 rings (SSSR count). The number of aromatic nitrogens is 2. The minimum absolute atomic E-state index is 0.104. The second-order valence-corrected chi connectivity index (χ2v) is 8.39. The molecule has 6 nitrogen and oxygen atoms in total. The molecular weight excluding hydrogens is 496 g/mol. The Kier molecular flexibility index (Phi) is 6.96. The van der Waals surface area contributed by atoms with Crippen molar-refractivity contribution in [3.8, 4) is 5.75 Å². The number of furan rings is 1. The number of rotatable bonds is 7. The van der Waals surface area contributed by atoms with Crippen LogP contribution in [-0.2, 0) is 13.2 Å². The number of nitrogens with zero attached hydrogens (tertiary/aromatic N) is 2. The van der Waals surface area contributed by atoms with Gasteiger partial charge in [0, 0.05) is 17.3 Å². The van der Waals surface area contributed by atoms with Crippen molar-refractivity contribution in [1.82, 2.24) is 9.78 Å². The van der Waals surface area contributed by atoms with E-state index < -0.39 is 5.91 Å². The summed E-state index contributed by atoms with van der Waals surface area (Å²) in [5.74, 6) is 1.01. The lowest BCUT2D eigenvalue weighted by Gasteiger charge is -2.06. The Morgan fingerprint density at radius 1 is 0.969 bits per heavy atom. The van der Waals surface area contributed by atoms with Gasteiger partial charge >= 0.3 is 0 Å². The van der Waals surface area contributed by atoms with Crippen molar-refractivity contribution >= 4 is 58.1 Å². The first-order chi connectivity index (χ1) is 15.4. The number of hydrogen-bond acceptors (Lipinski definition) is 4. The van der Waals surface area contributed by atoms with Crippen LogP contribution >= 0.6 is 46.4 Å². The van der Waals surface area contributed by atoms with Crippen LogP contribution in [0.1, 0.15) is 21.9 Å². The Balaban J connectivity index is 1.34. The summed E-state index contributed by atoms with van der Waals surface area (Å²) in [4.78, 5) is 12.5. The largest absolute Gasteiger partial charge is 0.484 e. The SMILES string of the molecule is O=C(Nc1ccn(Cc2ccc(Cl)c(Cl)c2)n1)c1ccc(COc2ccc(Cl)cc2Cl)o1. The van der Waals surface area contributed by atoms with E-state index in [9.17, 15) is 4.79 Å². The van der Waals surface area contributed by atoms with Crippen LogP contribution in [0.2, 0.25) is 20.1 Å². The molecule has 2 aromatic carbocycles. The van der Waals surface area contributed by atoms with Crippen molar-refractivity contribution in [2.24, 2.45) is 0 Å². The molecule has 0 aliphatic carbocycles. The second kappa shape index (κ2) is 9.88. The van der Waals surface area contributed by atoms with E-state index in [1.54, 1.807) is 59.4 Å². The topological polar surface area (TPSA) is 69.3 Å². The first-order valence-electron chi connectivity index (χ1n) is 9.33. The van der Waals surface area contributed by atoms with E-state index in [2.05, 4.69) is 10.4 Å². The molecule has 0 aliphatic rings. The van der Waals surface area contributed by atoms with Gasteiger partial charge in [0.2, 0.25) is 0 Å². The van der Waals surface area contributed by atoms with E-state index in [1.165, 1.54) is 0 Å². The Morgan fingerprint density at radius 3 is 2.59 bits per heavy atom. The van der Waals surface area contributed by atoms with Crippen molar-refractivity contribution in [3.05, 3.63) is 98.0 Å². The molecule has 0 atom stereocenters. The lowest BCUT2D eigenvalue weighted by Crippen LogP contribution is -2.12. The molecule has 4 aromatic rings. The number of ether oxygens (including phenoxy) is 1. The average Bonchev–Trinajstić information content (AvgIpc) is 3.40. The van der Waals surface area contributed by atoms with Crippen molar-refractivity contribution in [2.45, 2.75) is 13.2 Å². The number of amides is 1. The number of anilines is 1. The summed E-state index contributed by atoms with van der Waals surface area (Å²) in [6.07, 6.45) is 1.75. The molecule has 0 aliphatic heterocycles. The Labute approximate surface area is 203 Å². The molecule has 2 heterocycles. The zero-order valence-corrected chi connectivity index (χ0v) is 19.3.